The van der Waals surface area contributed by atoms with Gasteiger partial charge in [0.25, 0.3) is 0 Å². The topological polar surface area (TPSA) is 26.0 Å². The fourth-order valence-electron chi connectivity index (χ4n) is 1.80. The van der Waals surface area contributed by atoms with Crippen LogP contribution in [0.5, 0.6) is 0 Å². The van der Waals surface area contributed by atoms with Gasteiger partial charge in [0, 0.05) is 26.7 Å². The molecule has 0 aliphatic rings. The third-order valence-electron chi connectivity index (χ3n) is 2.86. The molecule has 1 unspecified atom stereocenters. The summed E-state index contributed by atoms with van der Waals surface area (Å²) in [6.07, 6.45) is 1.96. The van der Waals surface area contributed by atoms with E-state index in [1.54, 1.807) is 0 Å². The monoisotopic (exact) mass is 343 g/mol. The molecule has 96 valence electrons. The zero-order chi connectivity index (χ0) is 13.1. The Hall–Kier alpha value is -0.350. The second-order valence-electron chi connectivity index (χ2n) is 4.21. The SMILES string of the molecule is CCc1ccc(CC(N)c2ccc(Cl)c(Br)c2)s1. The van der Waals surface area contributed by atoms with E-state index in [4.69, 9.17) is 17.3 Å². The summed E-state index contributed by atoms with van der Waals surface area (Å²) in [4.78, 5) is 2.75. The first-order valence-corrected chi connectivity index (χ1v) is 7.87. The van der Waals surface area contributed by atoms with Gasteiger partial charge in [-0.05, 0) is 52.2 Å². The molecule has 1 heterocycles. The molecule has 1 nitrogen and oxygen atoms in total. The highest BCUT2D eigenvalue weighted by atomic mass is 79.9. The first kappa shape index (κ1) is 14.1. The quantitative estimate of drug-likeness (QED) is 0.832. The average Bonchev–Trinajstić information content (AvgIpc) is 2.80. The summed E-state index contributed by atoms with van der Waals surface area (Å²) in [5.74, 6) is 0. The third kappa shape index (κ3) is 3.35. The van der Waals surface area contributed by atoms with E-state index < -0.39 is 0 Å². The number of hydrogen-bond donors (Lipinski definition) is 1. The molecule has 0 radical (unpaired) electrons. The van der Waals surface area contributed by atoms with E-state index in [1.807, 2.05) is 29.5 Å². The maximum atomic E-state index is 6.24. The zero-order valence-electron chi connectivity index (χ0n) is 10.1. The smallest absolute Gasteiger partial charge is 0.0548 e. The largest absolute Gasteiger partial charge is 0.324 e. The normalized spacial score (nSPS) is 12.7. The van der Waals surface area contributed by atoms with Crippen LogP contribution in [0.3, 0.4) is 0 Å². The molecule has 4 heteroatoms. The molecule has 0 aliphatic heterocycles. The molecule has 2 aromatic rings. The summed E-state index contributed by atoms with van der Waals surface area (Å²) in [5, 5.41) is 0.718. The van der Waals surface area contributed by atoms with Crippen molar-refractivity contribution in [2.24, 2.45) is 5.73 Å². The van der Waals surface area contributed by atoms with E-state index in [9.17, 15) is 0 Å². The second-order valence-corrected chi connectivity index (χ2v) is 6.72. The van der Waals surface area contributed by atoms with Crippen molar-refractivity contribution >= 4 is 38.9 Å². The Morgan fingerprint density at radius 3 is 2.61 bits per heavy atom. The Morgan fingerprint density at radius 1 is 1.28 bits per heavy atom. The molecule has 0 bridgehead atoms. The highest BCUT2D eigenvalue weighted by Gasteiger charge is 2.10. The fourth-order valence-corrected chi connectivity index (χ4v) is 3.33. The number of rotatable bonds is 4. The number of hydrogen-bond acceptors (Lipinski definition) is 2. The lowest BCUT2D eigenvalue weighted by molar-refractivity contribution is 0.730. The van der Waals surface area contributed by atoms with Gasteiger partial charge in [0.2, 0.25) is 0 Å². The molecule has 18 heavy (non-hydrogen) atoms. The molecule has 0 aliphatic carbocycles. The lowest BCUT2D eigenvalue weighted by Crippen LogP contribution is -2.12. The van der Waals surface area contributed by atoms with Crippen molar-refractivity contribution in [3.05, 3.63) is 55.1 Å². The molecule has 0 saturated heterocycles. The first-order valence-electron chi connectivity index (χ1n) is 5.88. The van der Waals surface area contributed by atoms with Gasteiger partial charge in [-0.15, -0.1) is 11.3 Å². The van der Waals surface area contributed by atoms with Crippen molar-refractivity contribution < 1.29 is 0 Å². The van der Waals surface area contributed by atoms with Crippen molar-refractivity contribution in [3.63, 3.8) is 0 Å². The lowest BCUT2D eigenvalue weighted by atomic mass is 10.0. The number of halogens is 2. The predicted octanol–water partition coefficient (Wildman–Crippen LogP) is 4.97. The Morgan fingerprint density at radius 2 is 2.00 bits per heavy atom. The van der Waals surface area contributed by atoms with Gasteiger partial charge < -0.3 is 5.73 Å². The van der Waals surface area contributed by atoms with Crippen LogP contribution in [0.4, 0.5) is 0 Å². The number of thiophene rings is 1. The van der Waals surface area contributed by atoms with E-state index in [0.717, 1.165) is 27.9 Å². The molecular formula is C14H15BrClNS. The minimum Gasteiger partial charge on any atom is -0.324 e. The molecule has 1 aromatic heterocycles. The maximum Gasteiger partial charge on any atom is 0.0548 e. The maximum absolute atomic E-state index is 6.24. The van der Waals surface area contributed by atoms with Gasteiger partial charge in [-0.25, -0.2) is 0 Å². The molecular weight excluding hydrogens is 330 g/mol. The number of benzene rings is 1. The summed E-state index contributed by atoms with van der Waals surface area (Å²) in [5.41, 5.74) is 7.35. The van der Waals surface area contributed by atoms with Crippen molar-refractivity contribution in [3.8, 4) is 0 Å². The minimum absolute atomic E-state index is 0.0157. The van der Waals surface area contributed by atoms with Crippen molar-refractivity contribution in [2.75, 3.05) is 0 Å². The van der Waals surface area contributed by atoms with Crippen LogP contribution in [0, 0.1) is 0 Å². The Bertz CT molecular complexity index is 538. The Balaban J connectivity index is 2.11. The first-order chi connectivity index (χ1) is 8.60. The Kier molecular flexibility index (Phi) is 4.84. The van der Waals surface area contributed by atoms with Crippen LogP contribution in [0.15, 0.2) is 34.8 Å². The molecule has 0 saturated carbocycles. The van der Waals surface area contributed by atoms with Gasteiger partial charge >= 0.3 is 0 Å². The van der Waals surface area contributed by atoms with Gasteiger partial charge in [0.05, 0.1) is 5.02 Å². The number of nitrogens with two attached hydrogens (primary N) is 1. The highest BCUT2D eigenvalue weighted by molar-refractivity contribution is 9.10. The molecule has 0 fully saturated rings. The molecule has 1 atom stereocenters. The summed E-state index contributed by atoms with van der Waals surface area (Å²) >= 11 is 11.3. The summed E-state index contributed by atoms with van der Waals surface area (Å²) in [7, 11) is 0. The predicted molar refractivity (Wildman–Crippen MR) is 83.5 cm³/mol. The molecule has 2 N–H and O–H groups in total. The van der Waals surface area contributed by atoms with Crippen LogP contribution < -0.4 is 5.73 Å². The van der Waals surface area contributed by atoms with Crippen LogP contribution >= 0.6 is 38.9 Å². The number of aryl methyl sites for hydroxylation is 1. The van der Waals surface area contributed by atoms with Crippen molar-refractivity contribution in [1.29, 1.82) is 0 Å². The van der Waals surface area contributed by atoms with Crippen LogP contribution in [-0.2, 0) is 12.8 Å². The van der Waals surface area contributed by atoms with Gasteiger partial charge in [0.15, 0.2) is 0 Å². The van der Waals surface area contributed by atoms with E-state index in [0.29, 0.717) is 0 Å². The highest BCUT2D eigenvalue weighted by Crippen LogP contribution is 2.28. The molecule has 0 amide bonds. The van der Waals surface area contributed by atoms with E-state index in [1.165, 1.54) is 9.75 Å². The van der Waals surface area contributed by atoms with Gasteiger partial charge in [-0.3, -0.25) is 0 Å². The lowest BCUT2D eigenvalue weighted by Gasteiger charge is -2.11. The van der Waals surface area contributed by atoms with Gasteiger partial charge in [-0.2, -0.15) is 0 Å². The standard InChI is InChI=1S/C14H15BrClNS/c1-2-10-4-5-11(18-10)8-14(17)9-3-6-13(16)12(15)7-9/h3-7,14H,2,8,17H2,1H3. The third-order valence-corrected chi connectivity index (χ3v) is 5.32. The van der Waals surface area contributed by atoms with E-state index in [-0.39, 0.29) is 6.04 Å². The summed E-state index contributed by atoms with van der Waals surface area (Å²) in [6, 6.07) is 10.3. The van der Waals surface area contributed by atoms with Gasteiger partial charge in [-0.1, -0.05) is 24.6 Å². The van der Waals surface area contributed by atoms with Crippen molar-refractivity contribution in [2.45, 2.75) is 25.8 Å². The van der Waals surface area contributed by atoms with Crippen LogP contribution in [0.25, 0.3) is 0 Å². The minimum atomic E-state index is 0.0157. The van der Waals surface area contributed by atoms with Gasteiger partial charge in [0.1, 0.15) is 0 Å². The van der Waals surface area contributed by atoms with Crippen molar-refractivity contribution in [1.82, 2.24) is 0 Å². The fraction of sp³-hybridized carbons (Fsp3) is 0.286. The van der Waals surface area contributed by atoms with E-state index in [2.05, 4.69) is 35.0 Å². The van der Waals surface area contributed by atoms with Crippen LogP contribution in [0.1, 0.15) is 28.3 Å². The molecule has 1 aromatic carbocycles. The van der Waals surface area contributed by atoms with Crippen LogP contribution in [0.2, 0.25) is 5.02 Å². The summed E-state index contributed by atoms with van der Waals surface area (Å²) in [6.45, 7) is 2.17. The molecule has 0 spiro atoms. The molecule has 2 rings (SSSR count). The zero-order valence-corrected chi connectivity index (χ0v) is 13.3. The van der Waals surface area contributed by atoms with Crippen LogP contribution in [-0.4, -0.2) is 0 Å². The van der Waals surface area contributed by atoms with E-state index >= 15 is 0 Å². The average molecular weight is 345 g/mol. The summed E-state index contributed by atoms with van der Waals surface area (Å²) < 4.78 is 0.901. The second kappa shape index (κ2) is 6.20. The Labute approximate surface area is 125 Å².